The Kier molecular flexibility index (Phi) is 42.5. The van der Waals surface area contributed by atoms with Gasteiger partial charge in [-0.25, -0.2) is 4.57 Å². The second-order valence-electron chi connectivity index (χ2n) is 15.7. The van der Waals surface area contributed by atoms with Crippen molar-refractivity contribution in [3.63, 3.8) is 0 Å². The van der Waals surface area contributed by atoms with Gasteiger partial charge in [0.15, 0.2) is 6.10 Å². The van der Waals surface area contributed by atoms with E-state index >= 15 is 0 Å². The van der Waals surface area contributed by atoms with Gasteiger partial charge in [0, 0.05) is 13.0 Å². The van der Waals surface area contributed by atoms with Crippen LogP contribution in [0.5, 0.6) is 0 Å². The normalized spacial score (nSPS) is 13.4. The molecular weight excluding hydrogens is 697 g/mol. The summed E-state index contributed by atoms with van der Waals surface area (Å²) in [6, 6.07) is 0. The highest BCUT2D eigenvalue weighted by atomic mass is 31.2. The fraction of sp³-hybridized carbons (Fsp3) is 0.933. The van der Waals surface area contributed by atoms with Crippen LogP contribution in [-0.4, -0.2) is 43.3 Å². The molecule has 0 aliphatic rings. The van der Waals surface area contributed by atoms with Gasteiger partial charge < -0.3 is 20.1 Å². The van der Waals surface area contributed by atoms with Crippen molar-refractivity contribution in [2.75, 3.05) is 26.4 Å². The number of carbonyl (C=O) groups excluding carboxylic acids is 1. The van der Waals surface area contributed by atoms with E-state index in [4.69, 9.17) is 24.3 Å². The molecule has 2 atom stereocenters. The monoisotopic (exact) mass is 788 g/mol. The lowest BCUT2D eigenvalue weighted by molar-refractivity contribution is -0.147. The number of phosphoric acid groups is 1. The third-order valence-electron chi connectivity index (χ3n) is 10.3. The van der Waals surface area contributed by atoms with E-state index in [-0.39, 0.29) is 32.3 Å². The number of nitrogens with two attached hydrogens (primary N) is 1. The average Bonchev–Trinajstić information content (AvgIpc) is 3.16. The Morgan fingerprint density at radius 3 is 1.31 bits per heavy atom. The molecule has 0 rings (SSSR count). The van der Waals surface area contributed by atoms with Crippen LogP contribution in [0.3, 0.4) is 0 Å². The summed E-state index contributed by atoms with van der Waals surface area (Å²) in [4.78, 5) is 22.3. The molecule has 0 aromatic rings. The molecule has 9 heteroatoms. The highest BCUT2D eigenvalue weighted by Gasteiger charge is 2.24. The quantitative estimate of drug-likeness (QED) is 0.0271. The minimum absolute atomic E-state index is 0.0576. The molecule has 0 saturated carbocycles. The van der Waals surface area contributed by atoms with Crippen LogP contribution in [0.25, 0.3) is 0 Å². The van der Waals surface area contributed by atoms with Crippen LogP contribution >= 0.6 is 7.82 Å². The molecule has 322 valence electrons. The molecule has 8 nitrogen and oxygen atoms in total. The molecule has 0 heterocycles. The lowest BCUT2D eigenvalue weighted by atomic mass is 10.0. The number of phosphoric ester groups is 1. The molecule has 0 aromatic heterocycles. The third-order valence-corrected chi connectivity index (χ3v) is 11.3. The fourth-order valence-corrected chi connectivity index (χ4v) is 7.57. The molecule has 0 spiro atoms. The predicted octanol–water partition coefficient (Wildman–Crippen LogP) is 14.2. The minimum atomic E-state index is -4.26. The molecule has 0 aliphatic carbocycles. The maximum Gasteiger partial charge on any atom is 0.472 e. The van der Waals surface area contributed by atoms with Crippen molar-refractivity contribution in [3.8, 4) is 0 Å². The summed E-state index contributed by atoms with van der Waals surface area (Å²) < 4.78 is 33.2. The van der Waals surface area contributed by atoms with Crippen molar-refractivity contribution < 1.29 is 32.8 Å². The fourth-order valence-electron chi connectivity index (χ4n) is 6.81. The maximum atomic E-state index is 12.4. The van der Waals surface area contributed by atoms with Crippen molar-refractivity contribution in [1.82, 2.24) is 0 Å². The van der Waals surface area contributed by atoms with Gasteiger partial charge in [0.25, 0.3) is 0 Å². The van der Waals surface area contributed by atoms with Crippen LogP contribution < -0.4 is 5.73 Å². The Labute approximate surface area is 334 Å². The molecule has 54 heavy (non-hydrogen) atoms. The second kappa shape index (κ2) is 43.2. The van der Waals surface area contributed by atoms with Gasteiger partial charge >= 0.3 is 13.8 Å². The second-order valence-corrected chi connectivity index (χ2v) is 17.2. The number of hydrogen-bond donors (Lipinski definition) is 2. The molecule has 0 saturated heterocycles. The molecule has 3 N–H and O–H groups in total. The summed E-state index contributed by atoms with van der Waals surface area (Å²) in [5.41, 5.74) is 5.37. The van der Waals surface area contributed by atoms with Gasteiger partial charge in [-0.1, -0.05) is 213 Å². The van der Waals surface area contributed by atoms with Crippen LogP contribution in [0.2, 0.25) is 0 Å². The molecule has 0 aliphatic heterocycles. The Hall–Kier alpha value is -0.920. The highest BCUT2D eigenvalue weighted by molar-refractivity contribution is 7.47. The SMILES string of the molecule is CCCCCCCCCCCCCC/C=C\O[C@H](COC(=O)CCCCCCCCCCCCCCCCCCCCCCC)COP(=O)(O)OCCN. The van der Waals surface area contributed by atoms with Crippen LogP contribution in [-0.2, 0) is 27.9 Å². The van der Waals surface area contributed by atoms with Crippen LogP contribution in [0, 0.1) is 0 Å². The van der Waals surface area contributed by atoms with Gasteiger partial charge in [-0.05, 0) is 25.3 Å². The zero-order valence-corrected chi connectivity index (χ0v) is 36.6. The number of unbranched alkanes of at least 4 members (excludes halogenated alkanes) is 32. The highest BCUT2D eigenvalue weighted by Crippen LogP contribution is 2.43. The molecule has 0 fully saturated rings. The van der Waals surface area contributed by atoms with Gasteiger partial charge in [0.05, 0.1) is 19.5 Å². The zero-order valence-electron chi connectivity index (χ0n) is 35.7. The van der Waals surface area contributed by atoms with Crippen LogP contribution in [0.15, 0.2) is 12.3 Å². The Morgan fingerprint density at radius 2 is 0.926 bits per heavy atom. The molecule has 0 amide bonds. The van der Waals surface area contributed by atoms with Gasteiger partial charge in [-0.15, -0.1) is 0 Å². The lowest BCUT2D eigenvalue weighted by Crippen LogP contribution is -2.25. The van der Waals surface area contributed by atoms with Gasteiger partial charge in [0.2, 0.25) is 0 Å². The third kappa shape index (κ3) is 42.2. The van der Waals surface area contributed by atoms with E-state index in [0.29, 0.717) is 6.42 Å². The van der Waals surface area contributed by atoms with E-state index in [1.807, 2.05) is 6.08 Å². The number of rotatable bonds is 45. The molecule has 0 aromatic carbocycles. The van der Waals surface area contributed by atoms with Gasteiger partial charge in [-0.3, -0.25) is 13.8 Å². The maximum absolute atomic E-state index is 12.4. The van der Waals surface area contributed by atoms with E-state index in [2.05, 4.69) is 13.8 Å². The molecule has 0 bridgehead atoms. The summed E-state index contributed by atoms with van der Waals surface area (Å²) in [7, 11) is -4.26. The standard InChI is InChI=1S/C45H90NO7P/c1-3-5-7-9-11-13-15-17-19-20-21-22-23-24-25-26-28-30-32-34-36-38-45(47)51-42-44(43-53-54(48,49)52-41-39-46)50-40-37-35-33-31-29-27-18-16-14-12-10-8-6-4-2/h37,40,44H,3-36,38-39,41-43,46H2,1-2H3,(H,48,49)/b40-37-/t44-/m1/s1. The van der Waals surface area contributed by atoms with E-state index in [0.717, 1.165) is 32.1 Å². The van der Waals surface area contributed by atoms with E-state index in [9.17, 15) is 14.3 Å². The number of esters is 1. The number of hydrogen-bond acceptors (Lipinski definition) is 7. The van der Waals surface area contributed by atoms with Crippen molar-refractivity contribution in [2.45, 2.75) is 245 Å². The van der Waals surface area contributed by atoms with E-state index < -0.39 is 13.9 Å². The summed E-state index contributed by atoms with van der Waals surface area (Å²) in [5, 5.41) is 0. The predicted molar refractivity (Wildman–Crippen MR) is 229 cm³/mol. The van der Waals surface area contributed by atoms with Crippen molar-refractivity contribution in [1.29, 1.82) is 0 Å². The van der Waals surface area contributed by atoms with Crippen molar-refractivity contribution in [2.24, 2.45) is 5.73 Å². The van der Waals surface area contributed by atoms with Gasteiger partial charge in [0.1, 0.15) is 6.61 Å². The summed E-state index contributed by atoms with van der Waals surface area (Å²) in [6.45, 7) is 4.26. The first-order valence-corrected chi connectivity index (χ1v) is 24.7. The first-order valence-electron chi connectivity index (χ1n) is 23.2. The summed E-state index contributed by atoms with van der Waals surface area (Å²) in [6.07, 6.45) is 47.7. The Morgan fingerprint density at radius 1 is 0.556 bits per heavy atom. The smallest absolute Gasteiger partial charge is 0.472 e. The molecular formula is C45H90NO7P. The number of allylic oxidation sites excluding steroid dienone is 1. The Balaban J connectivity index is 3.94. The first kappa shape index (κ1) is 53.1. The lowest BCUT2D eigenvalue weighted by Gasteiger charge is -2.19. The largest absolute Gasteiger partial charge is 0.492 e. The topological polar surface area (TPSA) is 117 Å². The number of ether oxygens (including phenoxy) is 2. The van der Waals surface area contributed by atoms with Crippen molar-refractivity contribution in [3.05, 3.63) is 12.3 Å². The number of carbonyl (C=O) groups is 1. The minimum Gasteiger partial charge on any atom is -0.492 e. The van der Waals surface area contributed by atoms with E-state index in [1.165, 1.54) is 186 Å². The summed E-state index contributed by atoms with van der Waals surface area (Å²) in [5.74, 6) is -0.284. The van der Waals surface area contributed by atoms with Crippen LogP contribution in [0.1, 0.15) is 239 Å². The Bertz CT molecular complexity index is 843. The van der Waals surface area contributed by atoms with Crippen LogP contribution in [0.4, 0.5) is 0 Å². The first-order chi connectivity index (χ1) is 26.4. The van der Waals surface area contributed by atoms with E-state index in [1.54, 1.807) is 6.26 Å². The van der Waals surface area contributed by atoms with Gasteiger partial charge in [-0.2, -0.15) is 0 Å². The summed E-state index contributed by atoms with van der Waals surface area (Å²) >= 11 is 0. The molecule has 1 unspecified atom stereocenters. The molecule has 0 radical (unpaired) electrons. The zero-order chi connectivity index (χ0) is 39.5. The van der Waals surface area contributed by atoms with Crippen molar-refractivity contribution >= 4 is 13.8 Å². The average molecular weight is 788 g/mol.